The van der Waals surface area contributed by atoms with E-state index in [-0.39, 0.29) is 5.82 Å². The number of pyridine rings is 1. The number of benzene rings is 1. The van der Waals surface area contributed by atoms with Crippen LogP contribution in [-0.4, -0.2) is 46.4 Å². The summed E-state index contributed by atoms with van der Waals surface area (Å²) in [5, 5.41) is 0.844. The zero-order valence-corrected chi connectivity index (χ0v) is 16.2. The summed E-state index contributed by atoms with van der Waals surface area (Å²) in [7, 11) is 0. The number of aromatic nitrogens is 1. The third-order valence-electron chi connectivity index (χ3n) is 6.33. The molecule has 2 aliphatic rings. The number of amides is 1. The van der Waals surface area contributed by atoms with Crippen molar-refractivity contribution >= 4 is 16.8 Å². The first-order valence-corrected chi connectivity index (χ1v) is 10.0. The van der Waals surface area contributed by atoms with E-state index in [0.717, 1.165) is 62.0 Å². The van der Waals surface area contributed by atoms with Gasteiger partial charge in [0.05, 0.1) is 11.2 Å². The van der Waals surface area contributed by atoms with Gasteiger partial charge in [0.15, 0.2) is 0 Å². The van der Waals surface area contributed by atoms with Gasteiger partial charge >= 0.3 is 0 Å². The molecule has 1 aromatic carbocycles. The highest BCUT2D eigenvalue weighted by atomic mass is 19.1. The Morgan fingerprint density at radius 3 is 2.67 bits per heavy atom. The summed E-state index contributed by atoms with van der Waals surface area (Å²) in [4.78, 5) is 21.4. The Morgan fingerprint density at radius 2 is 1.93 bits per heavy atom. The third kappa shape index (κ3) is 3.84. The van der Waals surface area contributed by atoms with Gasteiger partial charge in [0.1, 0.15) is 5.82 Å². The number of carbonyl (C=O) groups excluding carboxylic acids is 1. The molecule has 3 heterocycles. The molecule has 0 N–H and O–H groups in total. The first kappa shape index (κ1) is 18.4. The zero-order chi connectivity index (χ0) is 19.0. The van der Waals surface area contributed by atoms with Crippen LogP contribution in [-0.2, 0) is 11.3 Å². The molecular formula is C22H28FN3O. The number of carbonyl (C=O) groups is 1. The molecule has 0 unspecified atom stereocenters. The molecule has 0 bridgehead atoms. The maximum absolute atomic E-state index is 13.3. The summed E-state index contributed by atoms with van der Waals surface area (Å²) < 4.78 is 13.3. The number of piperidine rings is 2. The minimum atomic E-state index is -0.222. The molecular weight excluding hydrogens is 341 g/mol. The van der Waals surface area contributed by atoms with Crippen molar-refractivity contribution in [1.29, 1.82) is 0 Å². The minimum Gasteiger partial charge on any atom is -0.340 e. The molecule has 0 atom stereocenters. The van der Waals surface area contributed by atoms with Crippen LogP contribution in [0, 0.1) is 11.2 Å². The molecule has 1 amide bonds. The highest BCUT2D eigenvalue weighted by molar-refractivity contribution is 5.78. The van der Waals surface area contributed by atoms with E-state index in [1.54, 1.807) is 6.07 Å². The van der Waals surface area contributed by atoms with Crippen molar-refractivity contribution in [2.45, 2.75) is 52.1 Å². The van der Waals surface area contributed by atoms with Gasteiger partial charge in [-0.2, -0.15) is 0 Å². The predicted molar refractivity (Wildman–Crippen MR) is 105 cm³/mol. The number of fused-ring (bicyclic) bond motifs is 1. The Morgan fingerprint density at radius 1 is 1.15 bits per heavy atom. The van der Waals surface area contributed by atoms with Gasteiger partial charge in [0, 0.05) is 30.9 Å². The standard InChI is InChI=1S/C22H28FN3O/c1-16(2)26-15-22(8-7-21(26)27)9-11-25(12-10-22)14-19-5-3-17-13-18(23)4-6-20(17)24-19/h3-6,13,16H,7-12,14-15H2,1-2H3. The fourth-order valence-electron chi connectivity index (χ4n) is 4.56. The van der Waals surface area contributed by atoms with E-state index in [9.17, 15) is 9.18 Å². The number of likely N-dealkylation sites (tertiary alicyclic amines) is 2. The number of rotatable bonds is 3. The Kier molecular flexibility index (Phi) is 4.89. The Bertz CT molecular complexity index is 843. The second-order valence-electron chi connectivity index (χ2n) is 8.53. The molecule has 0 saturated carbocycles. The fraction of sp³-hybridized carbons (Fsp3) is 0.545. The normalized spacial score (nSPS) is 20.7. The first-order valence-electron chi connectivity index (χ1n) is 10.0. The summed E-state index contributed by atoms with van der Waals surface area (Å²) >= 11 is 0. The monoisotopic (exact) mass is 369 g/mol. The van der Waals surface area contributed by atoms with E-state index < -0.39 is 0 Å². The van der Waals surface area contributed by atoms with Crippen molar-refractivity contribution < 1.29 is 9.18 Å². The van der Waals surface area contributed by atoms with Crippen molar-refractivity contribution in [2.24, 2.45) is 5.41 Å². The van der Waals surface area contributed by atoms with E-state index in [0.29, 0.717) is 23.8 Å². The SMILES string of the molecule is CC(C)N1CC2(CCC1=O)CCN(Cc1ccc3cc(F)ccc3n1)CC2. The van der Waals surface area contributed by atoms with Crippen LogP contribution in [0.5, 0.6) is 0 Å². The molecule has 2 saturated heterocycles. The lowest BCUT2D eigenvalue weighted by Gasteiger charge is -2.48. The van der Waals surface area contributed by atoms with Gasteiger partial charge in [0.25, 0.3) is 0 Å². The first-order chi connectivity index (χ1) is 12.9. The minimum absolute atomic E-state index is 0.222. The Labute approximate surface area is 160 Å². The molecule has 0 aliphatic carbocycles. The van der Waals surface area contributed by atoms with Crippen LogP contribution in [0.25, 0.3) is 10.9 Å². The molecule has 1 spiro atoms. The lowest BCUT2D eigenvalue weighted by Crippen LogP contribution is -2.53. The summed E-state index contributed by atoms with van der Waals surface area (Å²) in [6, 6.07) is 9.00. The fourth-order valence-corrected chi connectivity index (χ4v) is 4.56. The summed E-state index contributed by atoms with van der Waals surface area (Å²) in [6.45, 7) is 8.06. The van der Waals surface area contributed by atoms with Gasteiger partial charge in [-0.05, 0) is 75.9 Å². The van der Waals surface area contributed by atoms with Gasteiger partial charge in [0.2, 0.25) is 5.91 Å². The molecule has 1 aromatic heterocycles. The van der Waals surface area contributed by atoms with E-state index in [1.165, 1.54) is 12.1 Å². The van der Waals surface area contributed by atoms with E-state index in [4.69, 9.17) is 4.98 Å². The highest BCUT2D eigenvalue weighted by Gasteiger charge is 2.41. The molecule has 2 fully saturated rings. The second kappa shape index (κ2) is 7.19. The van der Waals surface area contributed by atoms with Gasteiger partial charge in [-0.3, -0.25) is 14.7 Å². The van der Waals surface area contributed by atoms with Gasteiger partial charge in [-0.25, -0.2) is 4.39 Å². The summed E-state index contributed by atoms with van der Waals surface area (Å²) in [6.07, 6.45) is 4.01. The van der Waals surface area contributed by atoms with E-state index in [1.807, 2.05) is 12.1 Å². The number of hydrogen-bond acceptors (Lipinski definition) is 3. The average molecular weight is 369 g/mol. The summed E-state index contributed by atoms with van der Waals surface area (Å²) in [5.74, 6) is 0.0923. The molecule has 4 rings (SSSR count). The van der Waals surface area contributed by atoms with Gasteiger partial charge in [-0.15, -0.1) is 0 Å². The predicted octanol–water partition coefficient (Wildman–Crippen LogP) is 3.99. The Hall–Kier alpha value is -2.01. The number of nitrogens with zero attached hydrogens (tertiary/aromatic N) is 3. The zero-order valence-electron chi connectivity index (χ0n) is 16.2. The second-order valence-corrected chi connectivity index (χ2v) is 8.53. The summed E-state index contributed by atoms with van der Waals surface area (Å²) in [5.41, 5.74) is 2.18. The van der Waals surface area contributed by atoms with E-state index in [2.05, 4.69) is 23.6 Å². The average Bonchev–Trinajstić information content (AvgIpc) is 2.66. The molecule has 0 radical (unpaired) electrons. The quantitative estimate of drug-likeness (QED) is 0.821. The van der Waals surface area contributed by atoms with Crippen molar-refractivity contribution in [3.05, 3.63) is 41.8 Å². The van der Waals surface area contributed by atoms with Gasteiger partial charge in [-0.1, -0.05) is 6.07 Å². The van der Waals surface area contributed by atoms with Crippen LogP contribution in [0.3, 0.4) is 0 Å². The molecule has 5 heteroatoms. The van der Waals surface area contributed by atoms with Crippen molar-refractivity contribution in [1.82, 2.24) is 14.8 Å². The molecule has 4 nitrogen and oxygen atoms in total. The van der Waals surface area contributed by atoms with Crippen molar-refractivity contribution in [2.75, 3.05) is 19.6 Å². The third-order valence-corrected chi connectivity index (χ3v) is 6.33. The van der Waals surface area contributed by atoms with Crippen LogP contribution in [0.15, 0.2) is 30.3 Å². The molecule has 144 valence electrons. The molecule has 2 aliphatic heterocycles. The van der Waals surface area contributed by atoms with Crippen molar-refractivity contribution in [3.8, 4) is 0 Å². The Balaban J connectivity index is 1.39. The lowest BCUT2D eigenvalue weighted by atomic mass is 9.72. The molecule has 27 heavy (non-hydrogen) atoms. The van der Waals surface area contributed by atoms with Crippen LogP contribution in [0.1, 0.15) is 45.2 Å². The van der Waals surface area contributed by atoms with Crippen molar-refractivity contribution in [3.63, 3.8) is 0 Å². The lowest BCUT2D eigenvalue weighted by molar-refractivity contribution is -0.141. The topological polar surface area (TPSA) is 36.4 Å². The highest BCUT2D eigenvalue weighted by Crippen LogP contribution is 2.41. The maximum Gasteiger partial charge on any atom is 0.222 e. The maximum atomic E-state index is 13.3. The van der Waals surface area contributed by atoms with E-state index >= 15 is 0 Å². The van der Waals surface area contributed by atoms with Crippen LogP contribution < -0.4 is 0 Å². The smallest absolute Gasteiger partial charge is 0.222 e. The van der Waals surface area contributed by atoms with Gasteiger partial charge < -0.3 is 4.90 Å². The largest absolute Gasteiger partial charge is 0.340 e. The number of hydrogen-bond donors (Lipinski definition) is 0. The van der Waals surface area contributed by atoms with Crippen LogP contribution in [0.2, 0.25) is 0 Å². The van der Waals surface area contributed by atoms with Crippen LogP contribution >= 0.6 is 0 Å². The molecule has 2 aromatic rings. The van der Waals surface area contributed by atoms with Crippen LogP contribution in [0.4, 0.5) is 4.39 Å². The number of halogens is 1.